The number of rotatable bonds is 6. The number of aryl methyl sites for hydroxylation is 1. The molecule has 102 valence electrons. The van der Waals surface area contributed by atoms with Crippen LogP contribution < -0.4 is 10.5 Å². The van der Waals surface area contributed by atoms with Gasteiger partial charge in [0.05, 0.1) is 15.4 Å². The van der Waals surface area contributed by atoms with Crippen molar-refractivity contribution in [1.82, 2.24) is 4.72 Å². The molecular formula is C10H15ClN2O2S3. The smallest absolute Gasteiger partial charge is 0.250 e. The van der Waals surface area contributed by atoms with Crippen LogP contribution in [0.5, 0.6) is 0 Å². The number of hydrogen-bond donors (Lipinski definition) is 2. The van der Waals surface area contributed by atoms with E-state index < -0.39 is 16.1 Å². The van der Waals surface area contributed by atoms with Crippen LogP contribution in [-0.4, -0.2) is 19.4 Å². The molecule has 0 amide bonds. The van der Waals surface area contributed by atoms with Gasteiger partial charge in [0.1, 0.15) is 4.21 Å². The van der Waals surface area contributed by atoms with E-state index in [1.807, 2.05) is 6.92 Å². The molecule has 0 fully saturated rings. The fraction of sp³-hybridized carbons (Fsp3) is 0.500. The zero-order valence-electron chi connectivity index (χ0n) is 10.1. The van der Waals surface area contributed by atoms with E-state index in [4.69, 9.17) is 29.6 Å². The highest BCUT2D eigenvalue weighted by atomic mass is 35.5. The third-order valence-corrected chi connectivity index (χ3v) is 6.10. The van der Waals surface area contributed by atoms with Gasteiger partial charge in [-0.2, -0.15) is 0 Å². The summed E-state index contributed by atoms with van der Waals surface area (Å²) in [5.41, 5.74) is 6.27. The summed E-state index contributed by atoms with van der Waals surface area (Å²) in [5.74, 6) is 0. The van der Waals surface area contributed by atoms with Gasteiger partial charge < -0.3 is 5.73 Å². The van der Waals surface area contributed by atoms with E-state index in [2.05, 4.69) is 4.72 Å². The van der Waals surface area contributed by atoms with E-state index in [1.54, 1.807) is 6.92 Å². The summed E-state index contributed by atoms with van der Waals surface area (Å²) in [6.07, 6.45) is 1.36. The Balaban J connectivity index is 2.96. The van der Waals surface area contributed by atoms with Crippen molar-refractivity contribution in [2.45, 2.75) is 36.9 Å². The highest BCUT2D eigenvalue weighted by Gasteiger charge is 2.23. The fourth-order valence-corrected chi connectivity index (χ4v) is 4.58. The van der Waals surface area contributed by atoms with Gasteiger partial charge in [0.25, 0.3) is 10.0 Å². The minimum atomic E-state index is -3.61. The molecule has 18 heavy (non-hydrogen) atoms. The predicted octanol–water partition coefficient (Wildman–Crippen LogP) is 2.44. The van der Waals surface area contributed by atoms with Crippen molar-refractivity contribution in [2.24, 2.45) is 5.73 Å². The first-order valence-corrected chi connectivity index (χ1v) is 8.44. The van der Waals surface area contributed by atoms with Gasteiger partial charge in [-0.25, -0.2) is 13.1 Å². The van der Waals surface area contributed by atoms with Crippen LogP contribution in [-0.2, 0) is 10.0 Å². The summed E-state index contributed by atoms with van der Waals surface area (Å²) in [7, 11) is -3.61. The van der Waals surface area contributed by atoms with Crippen LogP contribution in [0.1, 0.15) is 25.3 Å². The van der Waals surface area contributed by atoms with Gasteiger partial charge in [-0.1, -0.05) is 37.2 Å². The largest absolute Gasteiger partial charge is 0.392 e. The normalized spacial score (nSPS) is 13.5. The Morgan fingerprint density at radius 3 is 2.67 bits per heavy atom. The van der Waals surface area contributed by atoms with Crippen LogP contribution in [0.25, 0.3) is 0 Å². The molecule has 1 rings (SSSR count). The Bertz CT molecular complexity index is 520. The van der Waals surface area contributed by atoms with Crippen LogP contribution in [0.3, 0.4) is 0 Å². The molecule has 1 unspecified atom stereocenters. The van der Waals surface area contributed by atoms with Gasteiger partial charge in [-0.3, -0.25) is 0 Å². The van der Waals surface area contributed by atoms with Gasteiger partial charge >= 0.3 is 0 Å². The zero-order valence-corrected chi connectivity index (χ0v) is 13.3. The van der Waals surface area contributed by atoms with Crippen LogP contribution >= 0.6 is 35.2 Å². The van der Waals surface area contributed by atoms with Gasteiger partial charge in [0.15, 0.2) is 0 Å². The van der Waals surface area contributed by atoms with Crippen molar-refractivity contribution in [1.29, 1.82) is 0 Å². The molecule has 0 aliphatic carbocycles. The molecule has 0 aliphatic heterocycles. The van der Waals surface area contributed by atoms with E-state index in [9.17, 15) is 8.42 Å². The first-order valence-electron chi connectivity index (χ1n) is 5.35. The zero-order chi connectivity index (χ0) is 13.9. The Hall–Kier alpha value is -0.210. The van der Waals surface area contributed by atoms with Crippen LogP contribution in [0.15, 0.2) is 10.3 Å². The second-order valence-electron chi connectivity index (χ2n) is 3.89. The second kappa shape index (κ2) is 6.29. The molecule has 0 aromatic carbocycles. The Morgan fingerprint density at radius 2 is 2.28 bits per heavy atom. The molecule has 4 nitrogen and oxygen atoms in total. The highest BCUT2D eigenvalue weighted by Crippen LogP contribution is 2.30. The van der Waals surface area contributed by atoms with Crippen LogP contribution in [0, 0.1) is 6.92 Å². The number of thiocarbonyl (C=S) groups is 1. The molecule has 1 aromatic heterocycles. The minimum absolute atomic E-state index is 0.153. The molecule has 1 heterocycles. The van der Waals surface area contributed by atoms with Gasteiger partial charge in [-0.05, 0) is 25.0 Å². The molecule has 1 atom stereocenters. The first kappa shape index (κ1) is 15.8. The summed E-state index contributed by atoms with van der Waals surface area (Å²) in [6, 6.07) is 1.02. The van der Waals surface area contributed by atoms with Crippen molar-refractivity contribution < 1.29 is 8.42 Å². The molecule has 0 radical (unpaired) electrons. The molecule has 8 heteroatoms. The first-order chi connectivity index (χ1) is 8.27. The quantitative estimate of drug-likeness (QED) is 0.788. The molecule has 0 spiro atoms. The van der Waals surface area contributed by atoms with E-state index in [1.165, 1.54) is 6.07 Å². The third kappa shape index (κ3) is 3.89. The maximum absolute atomic E-state index is 12.1. The highest BCUT2D eigenvalue weighted by molar-refractivity contribution is 7.91. The molecular weight excluding hydrogens is 312 g/mol. The van der Waals surface area contributed by atoms with E-state index >= 15 is 0 Å². The number of sulfonamides is 1. The summed E-state index contributed by atoms with van der Waals surface area (Å²) in [5, 5.41) is 0. The van der Waals surface area contributed by atoms with E-state index in [-0.39, 0.29) is 9.20 Å². The van der Waals surface area contributed by atoms with Crippen molar-refractivity contribution in [3.8, 4) is 0 Å². The standard InChI is InChI=1S/C10H15ClN2O2S3/c1-3-4-7(10(12)16)13-18(14,15)8-5-6(2)9(11)17-8/h5,7,13H,3-4H2,1-2H3,(H2,12,16). The monoisotopic (exact) mass is 326 g/mol. The minimum Gasteiger partial charge on any atom is -0.392 e. The topological polar surface area (TPSA) is 72.2 Å². The predicted molar refractivity (Wildman–Crippen MR) is 79.9 cm³/mol. The van der Waals surface area contributed by atoms with Crippen molar-refractivity contribution >= 4 is 50.2 Å². The van der Waals surface area contributed by atoms with Crippen molar-refractivity contribution in [3.05, 3.63) is 16.0 Å². The van der Waals surface area contributed by atoms with E-state index in [0.717, 1.165) is 23.3 Å². The second-order valence-corrected chi connectivity index (χ2v) is 7.95. The maximum Gasteiger partial charge on any atom is 0.250 e. The van der Waals surface area contributed by atoms with Crippen LogP contribution in [0.2, 0.25) is 4.34 Å². The molecule has 0 saturated carbocycles. The molecule has 3 N–H and O–H groups in total. The lowest BCUT2D eigenvalue weighted by atomic mass is 10.2. The third-order valence-electron chi connectivity index (χ3n) is 2.32. The van der Waals surface area contributed by atoms with Gasteiger partial charge in [0.2, 0.25) is 0 Å². The number of nitrogens with one attached hydrogen (secondary N) is 1. The lowest BCUT2D eigenvalue weighted by Gasteiger charge is -2.15. The van der Waals surface area contributed by atoms with Gasteiger partial charge in [0, 0.05) is 0 Å². The SMILES string of the molecule is CCCC(NS(=O)(=O)c1cc(C)c(Cl)s1)C(N)=S. The lowest BCUT2D eigenvalue weighted by molar-refractivity contribution is 0.569. The average molecular weight is 327 g/mol. The number of halogens is 1. The number of thiophene rings is 1. The van der Waals surface area contributed by atoms with Crippen molar-refractivity contribution in [3.63, 3.8) is 0 Å². The van der Waals surface area contributed by atoms with Crippen molar-refractivity contribution in [2.75, 3.05) is 0 Å². The molecule has 0 bridgehead atoms. The summed E-state index contributed by atoms with van der Waals surface area (Å²) in [4.78, 5) is 0.153. The molecule has 1 aromatic rings. The fourth-order valence-electron chi connectivity index (χ4n) is 1.36. The average Bonchev–Trinajstić information content (AvgIpc) is 2.59. The Kier molecular flexibility index (Phi) is 5.54. The van der Waals surface area contributed by atoms with E-state index in [0.29, 0.717) is 10.8 Å². The Morgan fingerprint density at radius 1 is 1.67 bits per heavy atom. The number of hydrogen-bond acceptors (Lipinski definition) is 4. The summed E-state index contributed by atoms with van der Waals surface area (Å²) in [6.45, 7) is 3.70. The Labute approximate surface area is 122 Å². The molecule has 0 aliphatic rings. The summed E-state index contributed by atoms with van der Waals surface area (Å²) >= 11 is 11.8. The number of nitrogens with two attached hydrogens (primary N) is 1. The van der Waals surface area contributed by atoms with Crippen LogP contribution in [0.4, 0.5) is 0 Å². The summed E-state index contributed by atoms with van der Waals surface area (Å²) < 4.78 is 27.4. The van der Waals surface area contributed by atoms with Gasteiger partial charge in [-0.15, -0.1) is 11.3 Å². The molecule has 0 saturated heterocycles. The lowest BCUT2D eigenvalue weighted by Crippen LogP contribution is -2.43. The maximum atomic E-state index is 12.1.